The van der Waals surface area contributed by atoms with Gasteiger partial charge in [-0.2, -0.15) is 0 Å². The molecule has 4 heteroatoms. The maximum absolute atomic E-state index is 10.4. The molecule has 108 valence electrons. The van der Waals surface area contributed by atoms with Crippen LogP contribution in [0.2, 0.25) is 0 Å². The number of carboxylic acid groups (broad SMARTS) is 1. The second-order valence-corrected chi connectivity index (χ2v) is 5.48. The fourth-order valence-electron chi connectivity index (χ4n) is 2.52. The number of rotatable bonds is 4. The summed E-state index contributed by atoms with van der Waals surface area (Å²) in [4.78, 5) is 12.8. The van der Waals surface area contributed by atoms with Crippen molar-refractivity contribution in [2.75, 3.05) is 13.1 Å². The molecule has 2 N–H and O–H groups in total. The number of aliphatic carboxylic acids is 1. The van der Waals surface area contributed by atoms with Crippen LogP contribution >= 0.6 is 0 Å². The standard InChI is InChI=1S/C16H21NO3/c1-12-10-17(9-8-15(12)18)11-14-4-2-13(3-5-14)6-7-16(19)20/h2-7,12,15,18H,8-11H2,1H3,(H,19,20)/b7-6+. The Bertz CT molecular complexity index is 481. The van der Waals surface area contributed by atoms with E-state index in [0.717, 1.165) is 37.7 Å². The fraction of sp³-hybridized carbons (Fsp3) is 0.438. The average Bonchev–Trinajstić information content (AvgIpc) is 2.42. The molecule has 1 aliphatic rings. The van der Waals surface area contributed by atoms with Gasteiger partial charge in [0.1, 0.15) is 0 Å². The van der Waals surface area contributed by atoms with Gasteiger partial charge >= 0.3 is 5.97 Å². The summed E-state index contributed by atoms with van der Waals surface area (Å²) in [6.07, 6.45) is 3.39. The molecule has 0 aromatic heterocycles. The summed E-state index contributed by atoms with van der Waals surface area (Å²) < 4.78 is 0. The van der Waals surface area contributed by atoms with Gasteiger partial charge in [0.05, 0.1) is 6.10 Å². The molecule has 1 fully saturated rings. The van der Waals surface area contributed by atoms with E-state index in [1.54, 1.807) is 6.08 Å². The van der Waals surface area contributed by atoms with Crippen LogP contribution in [0.3, 0.4) is 0 Å². The summed E-state index contributed by atoms with van der Waals surface area (Å²) in [5.41, 5.74) is 2.10. The van der Waals surface area contributed by atoms with Crippen molar-refractivity contribution >= 4 is 12.0 Å². The fourth-order valence-corrected chi connectivity index (χ4v) is 2.52. The van der Waals surface area contributed by atoms with Crippen molar-refractivity contribution in [3.8, 4) is 0 Å². The molecule has 2 atom stereocenters. The van der Waals surface area contributed by atoms with Crippen LogP contribution < -0.4 is 0 Å². The number of likely N-dealkylation sites (tertiary alicyclic amines) is 1. The lowest BCUT2D eigenvalue weighted by Crippen LogP contribution is -2.41. The molecule has 1 aliphatic heterocycles. The molecule has 1 aromatic carbocycles. The van der Waals surface area contributed by atoms with Crippen LogP contribution in [-0.2, 0) is 11.3 Å². The summed E-state index contributed by atoms with van der Waals surface area (Å²) in [7, 11) is 0. The minimum Gasteiger partial charge on any atom is -0.478 e. The summed E-state index contributed by atoms with van der Waals surface area (Å²) in [6, 6.07) is 7.91. The monoisotopic (exact) mass is 275 g/mol. The van der Waals surface area contributed by atoms with E-state index in [9.17, 15) is 9.90 Å². The van der Waals surface area contributed by atoms with Gasteiger partial charge in [0, 0.05) is 25.7 Å². The van der Waals surface area contributed by atoms with E-state index in [2.05, 4.69) is 11.8 Å². The van der Waals surface area contributed by atoms with Gasteiger partial charge in [0.15, 0.2) is 0 Å². The normalized spacial score (nSPS) is 24.1. The zero-order chi connectivity index (χ0) is 14.5. The number of hydrogen-bond acceptors (Lipinski definition) is 3. The number of nitrogens with zero attached hydrogens (tertiary/aromatic N) is 1. The number of carbonyl (C=O) groups is 1. The molecule has 0 amide bonds. The van der Waals surface area contributed by atoms with Crippen molar-refractivity contribution in [1.82, 2.24) is 4.90 Å². The van der Waals surface area contributed by atoms with Crippen LogP contribution in [0.4, 0.5) is 0 Å². The second kappa shape index (κ2) is 6.68. The van der Waals surface area contributed by atoms with E-state index in [1.807, 2.05) is 24.3 Å². The summed E-state index contributed by atoms with van der Waals surface area (Å²) in [6.45, 7) is 4.80. The molecule has 0 aliphatic carbocycles. The van der Waals surface area contributed by atoms with E-state index in [0.29, 0.717) is 5.92 Å². The molecule has 20 heavy (non-hydrogen) atoms. The van der Waals surface area contributed by atoms with Gasteiger partial charge < -0.3 is 10.2 Å². The topological polar surface area (TPSA) is 60.8 Å². The highest BCUT2D eigenvalue weighted by Crippen LogP contribution is 2.19. The van der Waals surface area contributed by atoms with Crippen LogP contribution in [0.25, 0.3) is 6.08 Å². The van der Waals surface area contributed by atoms with Crippen LogP contribution in [0.1, 0.15) is 24.5 Å². The van der Waals surface area contributed by atoms with Crippen molar-refractivity contribution in [1.29, 1.82) is 0 Å². The molecule has 2 rings (SSSR count). The first kappa shape index (κ1) is 14.8. The Morgan fingerprint density at radius 2 is 2.10 bits per heavy atom. The van der Waals surface area contributed by atoms with Crippen molar-refractivity contribution in [3.05, 3.63) is 41.5 Å². The van der Waals surface area contributed by atoms with Gasteiger partial charge in [-0.25, -0.2) is 4.79 Å². The quantitative estimate of drug-likeness (QED) is 0.825. The molecule has 0 spiro atoms. The third kappa shape index (κ3) is 4.18. The number of aliphatic hydroxyl groups excluding tert-OH is 1. The smallest absolute Gasteiger partial charge is 0.328 e. The predicted molar refractivity (Wildman–Crippen MR) is 78.2 cm³/mol. The van der Waals surface area contributed by atoms with E-state index in [-0.39, 0.29) is 6.10 Å². The number of hydrogen-bond donors (Lipinski definition) is 2. The molecule has 0 bridgehead atoms. The van der Waals surface area contributed by atoms with Crippen LogP contribution in [0.5, 0.6) is 0 Å². The Morgan fingerprint density at radius 1 is 1.40 bits per heavy atom. The largest absolute Gasteiger partial charge is 0.478 e. The summed E-state index contributed by atoms with van der Waals surface area (Å²) in [5.74, 6) is -0.614. The first-order valence-electron chi connectivity index (χ1n) is 6.95. The molecule has 1 aromatic rings. The lowest BCUT2D eigenvalue weighted by Gasteiger charge is -2.34. The van der Waals surface area contributed by atoms with Crippen molar-refractivity contribution < 1.29 is 15.0 Å². The number of benzene rings is 1. The third-order valence-corrected chi connectivity index (χ3v) is 3.75. The molecular formula is C16H21NO3. The second-order valence-electron chi connectivity index (χ2n) is 5.48. The minimum atomic E-state index is -0.935. The van der Waals surface area contributed by atoms with Gasteiger partial charge in [0.25, 0.3) is 0 Å². The Balaban J connectivity index is 1.92. The lowest BCUT2D eigenvalue weighted by atomic mass is 9.96. The van der Waals surface area contributed by atoms with Gasteiger partial charge in [-0.1, -0.05) is 31.2 Å². The summed E-state index contributed by atoms with van der Waals surface area (Å²) in [5, 5.41) is 18.3. The molecule has 4 nitrogen and oxygen atoms in total. The Morgan fingerprint density at radius 3 is 2.70 bits per heavy atom. The van der Waals surface area contributed by atoms with E-state index >= 15 is 0 Å². The highest BCUT2D eigenvalue weighted by molar-refractivity contribution is 5.85. The lowest BCUT2D eigenvalue weighted by molar-refractivity contribution is -0.131. The molecule has 0 radical (unpaired) electrons. The van der Waals surface area contributed by atoms with Crippen LogP contribution in [0.15, 0.2) is 30.3 Å². The number of aliphatic hydroxyl groups is 1. The Kier molecular flexibility index (Phi) is 4.93. The Hall–Kier alpha value is -1.65. The molecule has 0 saturated carbocycles. The zero-order valence-electron chi connectivity index (χ0n) is 11.7. The predicted octanol–water partition coefficient (Wildman–Crippen LogP) is 1.99. The zero-order valence-corrected chi connectivity index (χ0v) is 11.7. The first-order chi connectivity index (χ1) is 9.54. The average molecular weight is 275 g/mol. The van der Waals surface area contributed by atoms with Gasteiger partial charge in [-0.3, -0.25) is 4.90 Å². The summed E-state index contributed by atoms with van der Waals surface area (Å²) >= 11 is 0. The van der Waals surface area contributed by atoms with Gasteiger partial charge in [-0.05, 0) is 29.5 Å². The highest BCUT2D eigenvalue weighted by atomic mass is 16.4. The third-order valence-electron chi connectivity index (χ3n) is 3.75. The molecule has 1 saturated heterocycles. The van der Waals surface area contributed by atoms with Gasteiger partial charge in [0.2, 0.25) is 0 Å². The number of carboxylic acids is 1. The Labute approximate surface area is 119 Å². The van der Waals surface area contributed by atoms with Crippen LogP contribution in [0, 0.1) is 5.92 Å². The van der Waals surface area contributed by atoms with Crippen LogP contribution in [-0.4, -0.2) is 40.3 Å². The molecule has 1 heterocycles. The first-order valence-corrected chi connectivity index (χ1v) is 6.95. The number of piperidine rings is 1. The minimum absolute atomic E-state index is 0.171. The SMILES string of the molecule is CC1CN(Cc2ccc(/C=C/C(=O)O)cc2)CCC1O. The molecular weight excluding hydrogens is 254 g/mol. The highest BCUT2D eigenvalue weighted by Gasteiger charge is 2.23. The maximum Gasteiger partial charge on any atom is 0.328 e. The van der Waals surface area contributed by atoms with Gasteiger partial charge in [-0.15, -0.1) is 0 Å². The van der Waals surface area contributed by atoms with Crippen molar-refractivity contribution in [3.63, 3.8) is 0 Å². The van der Waals surface area contributed by atoms with E-state index < -0.39 is 5.97 Å². The molecule has 2 unspecified atom stereocenters. The van der Waals surface area contributed by atoms with Crippen molar-refractivity contribution in [2.24, 2.45) is 5.92 Å². The van der Waals surface area contributed by atoms with E-state index in [1.165, 1.54) is 5.56 Å². The van der Waals surface area contributed by atoms with E-state index in [4.69, 9.17) is 5.11 Å². The van der Waals surface area contributed by atoms with Crippen molar-refractivity contribution in [2.45, 2.75) is 26.0 Å². The maximum atomic E-state index is 10.4.